The molecule has 0 spiro atoms. The number of nitrogens with one attached hydrogen (secondary N) is 1. The lowest BCUT2D eigenvalue weighted by Gasteiger charge is -2.15. The Morgan fingerprint density at radius 2 is 2.10 bits per heavy atom. The van der Waals surface area contributed by atoms with Crippen LogP contribution in [0.1, 0.15) is 16.1 Å². The van der Waals surface area contributed by atoms with Crippen molar-refractivity contribution in [1.29, 1.82) is 0 Å². The van der Waals surface area contributed by atoms with Crippen molar-refractivity contribution in [2.45, 2.75) is 6.61 Å². The van der Waals surface area contributed by atoms with E-state index in [2.05, 4.69) is 5.32 Å². The Morgan fingerprint density at radius 1 is 1.29 bits per heavy atom. The van der Waals surface area contributed by atoms with Gasteiger partial charge in [-0.3, -0.25) is 9.59 Å². The summed E-state index contributed by atoms with van der Waals surface area (Å²) in [6.07, 6.45) is 1.40. The summed E-state index contributed by atoms with van der Waals surface area (Å²) in [6, 6.07) is 10.0. The van der Waals surface area contributed by atoms with E-state index in [0.29, 0.717) is 11.3 Å². The van der Waals surface area contributed by atoms with Gasteiger partial charge in [0.25, 0.3) is 5.91 Å². The molecule has 0 aliphatic rings. The van der Waals surface area contributed by atoms with Crippen molar-refractivity contribution in [2.24, 2.45) is 0 Å². The van der Waals surface area contributed by atoms with Gasteiger partial charge in [0, 0.05) is 12.7 Å². The van der Waals surface area contributed by atoms with E-state index in [1.807, 2.05) is 0 Å². The number of hydrogen-bond donors (Lipinski definition) is 2. The first-order valence-corrected chi connectivity index (χ1v) is 6.39. The molecule has 6 nitrogen and oxygen atoms in total. The molecule has 2 N–H and O–H groups in total. The quantitative estimate of drug-likeness (QED) is 0.873. The number of carbonyl (C=O) groups excluding carboxylic acids is 2. The average Bonchev–Trinajstić information content (AvgIpc) is 3.00. The Bertz CT molecular complexity index is 622. The zero-order valence-corrected chi connectivity index (χ0v) is 11.6. The number of anilines is 1. The molecule has 0 bridgehead atoms. The highest BCUT2D eigenvalue weighted by Gasteiger charge is 2.17. The Morgan fingerprint density at radius 3 is 2.76 bits per heavy atom. The number of likely N-dealkylation sites (N-methyl/N-ethyl adjacent to an activating group) is 1. The molecule has 0 saturated carbocycles. The maximum absolute atomic E-state index is 11.9. The molecule has 2 rings (SSSR count). The van der Waals surface area contributed by atoms with Crippen LogP contribution in [0.4, 0.5) is 5.69 Å². The molecule has 2 amide bonds. The number of amides is 2. The summed E-state index contributed by atoms with van der Waals surface area (Å²) in [5.74, 6) is -0.501. The van der Waals surface area contributed by atoms with Gasteiger partial charge >= 0.3 is 0 Å². The highest BCUT2D eigenvalue weighted by Crippen LogP contribution is 2.11. The van der Waals surface area contributed by atoms with E-state index in [-0.39, 0.29) is 30.7 Å². The fourth-order valence-electron chi connectivity index (χ4n) is 1.82. The molecule has 1 heterocycles. The van der Waals surface area contributed by atoms with Crippen LogP contribution in [0.15, 0.2) is 47.1 Å². The largest absolute Gasteiger partial charge is 0.459 e. The van der Waals surface area contributed by atoms with E-state index >= 15 is 0 Å². The van der Waals surface area contributed by atoms with Crippen LogP contribution in [-0.2, 0) is 11.4 Å². The second kappa shape index (κ2) is 6.71. The molecule has 2 aromatic rings. The van der Waals surface area contributed by atoms with Gasteiger partial charge in [0.05, 0.1) is 19.4 Å². The predicted molar refractivity (Wildman–Crippen MR) is 76.7 cm³/mol. The minimum absolute atomic E-state index is 0.0944. The molecule has 0 aliphatic heterocycles. The monoisotopic (exact) mass is 288 g/mol. The number of nitrogens with zero attached hydrogens (tertiary/aromatic N) is 1. The minimum Gasteiger partial charge on any atom is -0.459 e. The van der Waals surface area contributed by atoms with E-state index in [4.69, 9.17) is 9.52 Å². The van der Waals surface area contributed by atoms with Gasteiger partial charge in [0.1, 0.15) is 0 Å². The van der Waals surface area contributed by atoms with Gasteiger partial charge < -0.3 is 19.7 Å². The number of carbonyl (C=O) groups is 2. The molecule has 1 aromatic heterocycles. The zero-order chi connectivity index (χ0) is 15.2. The maximum Gasteiger partial charge on any atom is 0.289 e. The first-order chi connectivity index (χ1) is 10.1. The molecular formula is C15H16N2O4. The molecule has 0 unspecified atom stereocenters. The Balaban J connectivity index is 1.93. The summed E-state index contributed by atoms with van der Waals surface area (Å²) >= 11 is 0. The molecule has 110 valence electrons. The lowest BCUT2D eigenvalue weighted by atomic mass is 10.2. The maximum atomic E-state index is 11.9. The van der Waals surface area contributed by atoms with Crippen LogP contribution in [0.2, 0.25) is 0 Å². The van der Waals surface area contributed by atoms with Crippen molar-refractivity contribution in [2.75, 3.05) is 18.9 Å². The summed E-state index contributed by atoms with van der Waals surface area (Å²) in [6.45, 7) is -0.191. The van der Waals surface area contributed by atoms with Crippen LogP contribution in [0, 0.1) is 0 Å². The lowest BCUT2D eigenvalue weighted by Crippen LogP contribution is -2.34. The van der Waals surface area contributed by atoms with Crippen LogP contribution in [0.5, 0.6) is 0 Å². The SMILES string of the molecule is CN(CC(=O)Nc1cccc(CO)c1)C(=O)c1ccco1. The average molecular weight is 288 g/mol. The molecule has 21 heavy (non-hydrogen) atoms. The van der Waals surface area contributed by atoms with Gasteiger partial charge in [-0.15, -0.1) is 0 Å². The summed E-state index contributed by atoms with van der Waals surface area (Å²) in [5, 5.41) is 11.7. The van der Waals surface area contributed by atoms with Crippen molar-refractivity contribution >= 4 is 17.5 Å². The van der Waals surface area contributed by atoms with Gasteiger partial charge in [0.15, 0.2) is 5.76 Å². The van der Waals surface area contributed by atoms with Gasteiger partial charge in [-0.2, -0.15) is 0 Å². The van der Waals surface area contributed by atoms with Crippen molar-refractivity contribution in [3.05, 3.63) is 54.0 Å². The Kier molecular flexibility index (Phi) is 4.73. The summed E-state index contributed by atoms with van der Waals surface area (Å²) in [5.41, 5.74) is 1.28. The van der Waals surface area contributed by atoms with E-state index in [1.54, 1.807) is 36.4 Å². The van der Waals surface area contributed by atoms with E-state index in [0.717, 1.165) is 0 Å². The summed E-state index contributed by atoms with van der Waals surface area (Å²) in [7, 11) is 1.52. The fraction of sp³-hybridized carbons (Fsp3) is 0.200. The third kappa shape index (κ3) is 3.93. The number of hydrogen-bond acceptors (Lipinski definition) is 4. The first-order valence-electron chi connectivity index (χ1n) is 6.39. The topological polar surface area (TPSA) is 82.8 Å². The van der Waals surface area contributed by atoms with Gasteiger partial charge in [-0.1, -0.05) is 12.1 Å². The molecule has 0 radical (unpaired) electrons. The van der Waals surface area contributed by atoms with Gasteiger partial charge in [-0.05, 0) is 29.8 Å². The van der Waals surface area contributed by atoms with Crippen LogP contribution in [0.3, 0.4) is 0 Å². The van der Waals surface area contributed by atoms with E-state index in [9.17, 15) is 9.59 Å². The van der Waals surface area contributed by atoms with Crippen molar-refractivity contribution in [3.63, 3.8) is 0 Å². The van der Waals surface area contributed by atoms with E-state index < -0.39 is 0 Å². The number of rotatable bonds is 5. The number of aliphatic hydroxyl groups is 1. The number of benzene rings is 1. The molecule has 0 fully saturated rings. The van der Waals surface area contributed by atoms with Crippen LogP contribution < -0.4 is 5.32 Å². The third-order valence-corrected chi connectivity index (χ3v) is 2.85. The Labute approximate surface area is 122 Å². The molecule has 0 aliphatic carbocycles. The predicted octanol–water partition coefficient (Wildman–Crippen LogP) is 1.48. The van der Waals surface area contributed by atoms with E-state index in [1.165, 1.54) is 18.2 Å². The Hall–Kier alpha value is -2.60. The van der Waals surface area contributed by atoms with Gasteiger partial charge in [-0.25, -0.2) is 0 Å². The summed E-state index contributed by atoms with van der Waals surface area (Å²) < 4.78 is 5.00. The van der Waals surface area contributed by atoms with Crippen LogP contribution >= 0.6 is 0 Å². The number of furan rings is 1. The highest BCUT2D eigenvalue weighted by molar-refractivity contribution is 5.97. The first kappa shape index (κ1) is 14.8. The molecular weight excluding hydrogens is 272 g/mol. The summed E-state index contributed by atoms with van der Waals surface area (Å²) in [4.78, 5) is 25.1. The molecule has 6 heteroatoms. The molecule has 1 aromatic carbocycles. The highest BCUT2D eigenvalue weighted by atomic mass is 16.3. The molecule has 0 atom stereocenters. The molecule has 0 saturated heterocycles. The smallest absolute Gasteiger partial charge is 0.289 e. The van der Waals surface area contributed by atoms with Crippen molar-refractivity contribution in [3.8, 4) is 0 Å². The lowest BCUT2D eigenvalue weighted by molar-refractivity contribution is -0.116. The van der Waals surface area contributed by atoms with Crippen LogP contribution in [0.25, 0.3) is 0 Å². The standard InChI is InChI=1S/C15H16N2O4/c1-17(15(20)13-6-3-7-21-13)9-14(19)16-12-5-2-4-11(8-12)10-18/h2-8,18H,9-10H2,1H3,(H,16,19). The third-order valence-electron chi connectivity index (χ3n) is 2.85. The van der Waals surface area contributed by atoms with Crippen LogP contribution in [-0.4, -0.2) is 35.4 Å². The fourth-order valence-corrected chi connectivity index (χ4v) is 1.82. The van der Waals surface area contributed by atoms with Crippen molar-refractivity contribution < 1.29 is 19.1 Å². The second-order valence-electron chi connectivity index (χ2n) is 4.55. The minimum atomic E-state index is -0.362. The normalized spacial score (nSPS) is 10.2. The van der Waals surface area contributed by atoms with Gasteiger partial charge in [0.2, 0.25) is 5.91 Å². The number of aliphatic hydroxyl groups excluding tert-OH is 1. The van der Waals surface area contributed by atoms with Crippen molar-refractivity contribution in [1.82, 2.24) is 4.90 Å². The second-order valence-corrected chi connectivity index (χ2v) is 4.55. The zero-order valence-electron chi connectivity index (χ0n) is 11.6.